The van der Waals surface area contributed by atoms with Crippen LogP contribution >= 0.6 is 0 Å². The van der Waals surface area contributed by atoms with Gasteiger partial charge in [0.1, 0.15) is 22.5 Å². The standard InChI is InChI=1S/C62H41BN2O2/c1-3-36-27-31-55-50(33-36)59-61(66-55)63-58-53(64(59)38-29-30-46-41-17-6-5-15-39(41)40-16-8-10-21-45(40)49(46)35-38)25-14-26-54(58)65(60-51-34-37(4-2)28-32-56(51)67-62(60)63)52-24-13-23-48-44-19-9-7-18-42(44)43-20-11-12-22-47(43)57(48)52/h5-35H,3-4H2,1-2H3. The van der Waals surface area contributed by atoms with Crippen LogP contribution in [0.5, 0.6) is 0 Å². The lowest BCUT2D eigenvalue weighted by atomic mass is 9.37. The molecule has 0 saturated carbocycles. The summed E-state index contributed by atoms with van der Waals surface area (Å²) in [6.45, 7) is 4.15. The minimum atomic E-state index is -0.309. The Labute approximate surface area is 386 Å². The van der Waals surface area contributed by atoms with E-state index in [2.05, 4.69) is 212 Å². The molecule has 13 aromatic rings. The molecule has 4 nitrogen and oxygen atoms in total. The van der Waals surface area contributed by atoms with Crippen molar-refractivity contribution in [1.29, 1.82) is 0 Å². The van der Waals surface area contributed by atoms with Gasteiger partial charge in [0.15, 0.2) is 0 Å². The highest BCUT2D eigenvalue weighted by molar-refractivity contribution is 6.99. The van der Waals surface area contributed by atoms with Gasteiger partial charge < -0.3 is 18.6 Å². The lowest BCUT2D eigenvalue weighted by molar-refractivity contribution is 0.637. The normalized spacial score (nSPS) is 13.3. The van der Waals surface area contributed by atoms with Crippen LogP contribution in [0.3, 0.4) is 0 Å². The Balaban J connectivity index is 1.08. The lowest BCUT2D eigenvalue weighted by Crippen LogP contribution is -2.60. The molecule has 5 heteroatoms. The molecule has 2 aliphatic heterocycles. The number of fused-ring (bicyclic) bond motifs is 20. The van der Waals surface area contributed by atoms with Crippen LogP contribution in [0.2, 0.25) is 0 Å². The third kappa shape index (κ3) is 4.93. The number of hydrogen-bond acceptors (Lipinski definition) is 4. The largest absolute Gasteiger partial charge is 0.468 e. The molecule has 0 radical (unpaired) electrons. The molecule has 15 rings (SSSR count). The first kappa shape index (κ1) is 37.0. The van der Waals surface area contributed by atoms with Crippen molar-refractivity contribution in [3.05, 3.63) is 199 Å². The summed E-state index contributed by atoms with van der Waals surface area (Å²) in [7, 11) is 0. The summed E-state index contributed by atoms with van der Waals surface area (Å²) in [6.07, 6.45) is 1.84. The third-order valence-electron chi connectivity index (χ3n) is 15.1. The number of rotatable bonds is 4. The van der Waals surface area contributed by atoms with Gasteiger partial charge in [-0.2, -0.15) is 0 Å². The van der Waals surface area contributed by atoms with E-state index in [1.54, 1.807) is 0 Å². The number of nitrogens with zero attached hydrogens (tertiary/aromatic N) is 2. The quantitative estimate of drug-likeness (QED) is 0.130. The molecule has 4 heterocycles. The van der Waals surface area contributed by atoms with E-state index in [0.29, 0.717) is 0 Å². The van der Waals surface area contributed by atoms with E-state index in [1.165, 1.54) is 75.8 Å². The summed E-state index contributed by atoms with van der Waals surface area (Å²) < 4.78 is 14.6. The molecule has 2 aromatic heterocycles. The second-order valence-electron chi connectivity index (χ2n) is 18.4. The fourth-order valence-corrected chi connectivity index (χ4v) is 12.1. The van der Waals surface area contributed by atoms with Gasteiger partial charge in [-0.25, -0.2) is 0 Å². The Morgan fingerprint density at radius 3 is 1.31 bits per heavy atom. The van der Waals surface area contributed by atoms with Crippen LogP contribution in [0.15, 0.2) is 197 Å². The van der Waals surface area contributed by atoms with E-state index in [-0.39, 0.29) is 6.71 Å². The molecule has 0 N–H and O–H groups in total. The van der Waals surface area contributed by atoms with Gasteiger partial charge in [-0.15, -0.1) is 0 Å². The van der Waals surface area contributed by atoms with Crippen molar-refractivity contribution >= 4 is 144 Å². The summed E-state index contributed by atoms with van der Waals surface area (Å²) in [5.41, 5.74) is 13.8. The zero-order valence-corrected chi connectivity index (χ0v) is 37.1. The minimum absolute atomic E-state index is 0.309. The summed E-state index contributed by atoms with van der Waals surface area (Å²) in [5.74, 6) is 0. The Morgan fingerprint density at radius 1 is 0.358 bits per heavy atom. The Morgan fingerprint density at radius 2 is 0.776 bits per heavy atom. The van der Waals surface area contributed by atoms with Crippen molar-refractivity contribution in [3.8, 4) is 0 Å². The molecular formula is C62H41BN2O2. The highest BCUT2D eigenvalue weighted by Gasteiger charge is 2.50. The molecule has 11 aromatic carbocycles. The van der Waals surface area contributed by atoms with E-state index in [9.17, 15) is 0 Å². The van der Waals surface area contributed by atoms with Gasteiger partial charge in [0, 0.05) is 33.2 Å². The van der Waals surface area contributed by atoms with Crippen LogP contribution in [-0.2, 0) is 12.8 Å². The predicted octanol–water partition coefficient (Wildman–Crippen LogP) is 15.3. The first-order valence-corrected chi connectivity index (χ1v) is 23.7. The van der Waals surface area contributed by atoms with Gasteiger partial charge >= 0.3 is 6.71 Å². The van der Waals surface area contributed by atoms with E-state index in [4.69, 9.17) is 8.83 Å². The lowest BCUT2D eigenvalue weighted by Gasteiger charge is -2.41. The van der Waals surface area contributed by atoms with Crippen molar-refractivity contribution in [2.75, 3.05) is 9.80 Å². The van der Waals surface area contributed by atoms with Gasteiger partial charge in [0.05, 0.1) is 17.1 Å². The number of hydrogen-bond donors (Lipinski definition) is 0. The second kappa shape index (κ2) is 13.6. The maximum Gasteiger partial charge on any atom is 0.342 e. The van der Waals surface area contributed by atoms with Gasteiger partial charge in [-0.1, -0.05) is 147 Å². The highest BCUT2D eigenvalue weighted by Crippen LogP contribution is 2.52. The molecule has 0 atom stereocenters. The highest BCUT2D eigenvalue weighted by atomic mass is 16.3. The predicted molar refractivity (Wildman–Crippen MR) is 284 cm³/mol. The smallest absolute Gasteiger partial charge is 0.342 e. The molecule has 0 spiro atoms. The van der Waals surface area contributed by atoms with E-state index in [1.807, 2.05) is 0 Å². The summed E-state index contributed by atoms with van der Waals surface area (Å²) in [4.78, 5) is 5.02. The average molecular weight is 857 g/mol. The minimum Gasteiger partial charge on any atom is -0.468 e. The Bertz CT molecular complexity index is 4210. The Hall–Kier alpha value is -8.28. The molecule has 67 heavy (non-hydrogen) atoms. The van der Waals surface area contributed by atoms with E-state index in [0.717, 1.165) is 85.7 Å². The number of furan rings is 2. The monoisotopic (exact) mass is 856 g/mol. The first-order chi connectivity index (χ1) is 33.2. The van der Waals surface area contributed by atoms with Crippen molar-refractivity contribution in [2.24, 2.45) is 0 Å². The summed E-state index contributed by atoms with van der Waals surface area (Å²) in [6, 6.07) is 69.7. The molecule has 0 bridgehead atoms. The van der Waals surface area contributed by atoms with Crippen LogP contribution in [0.1, 0.15) is 25.0 Å². The number of benzene rings is 11. The van der Waals surface area contributed by atoms with Gasteiger partial charge in [0.25, 0.3) is 0 Å². The average Bonchev–Trinajstić information content (AvgIpc) is 3.96. The fourth-order valence-electron chi connectivity index (χ4n) is 12.1. The first-order valence-electron chi connectivity index (χ1n) is 23.7. The third-order valence-corrected chi connectivity index (χ3v) is 15.1. The van der Waals surface area contributed by atoms with E-state index < -0.39 is 0 Å². The number of anilines is 6. The molecule has 0 unspecified atom stereocenters. The van der Waals surface area contributed by atoms with Crippen LogP contribution in [-0.4, -0.2) is 6.71 Å². The van der Waals surface area contributed by atoms with Crippen molar-refractivity contribution in [2.45, 2.75) is 26.7 Å². The summed E-state index contributed by atoms with van der Waals surface area (Å²) in [5, 5.41) is 17.1. The topological polar surface area (TPSA) is 32.8 Å². The molecule has 0 aliphatic carbocycles. The maximum absolute atomic E-state index is 7.33. The van der Waals surface area contributed by atoms with Crippen LogP contribution in [0.25, 0.3) is 86.6 Å². The van der Waals surface area contributed by atoms with Gasteiger partial charge in [-0.3, -0.25) is 0 Å². The molecule has 0 fully saturated rings. The van der Waals surface area contributed by atoms with Crippen LogP contribution in [0.4, 0.5) is 34.1 Å². The van der Waals surface area contributed by atoms with Crippen molar-refractivity contribution < 1.29 is 8.83 Å². The zero-order chi connectivity index (χ0) is 44.1. The second-order valence-corrected chi connectivity index (χ2v) is 18.4. The fraction of sp³-hybridized carbons (Fsp3) is 0.0645. The Kier molecular flexibility index (Phi) is 7.53. The summed E-state index contributed by atoms with van der Waals surface area (Å²) >= 11 is 0. The molecule has 314 valence electrons. The molecular weight excluding hydrogens is 816 g/mol. The van der Waals surface area contributed by atoms with Gasteiger partial charge in [0.2, 0.25) is 0 Å². The number of aryl methyl sites for hydroxylation is 2. The maximum atomic E-state index is 7.33. The van der Waals surface area contributed by atoms with Crippen molar-refractivity contribution in [3.63, 3.8) is 0 Å². The zero-order valence-electron chi connectivity index (χ0n) is 37.1. The van der Waals surface area contributed by atoms with E-state index >= 15 is 0 Å². The van der Waals surface area contributed by atoms with Gasteiger partial charge in [-0.05, 0) is 143 Å². The van der Waals surface area contributed by atoms with Crippen LogP contribution in [0, 0.1) is 0 Å². The molecule has 0 amide bonds. The van der Waals surface area contributed by atoms with Crippen molar-refractivity contribution in [1.82, 2.24) is 0 Å². The molecule has 0 saturated heterocycles. The molecule has 2 aliphatic rings. The van der Waals surface area contributed by atoms with Crippen LogP contribution < -0.4 is 26.6 Å². The SMILES string of the molecule is CCc1ccc2oc3c(c2c1)N(c1ccc2c4ccccc4c4ccccc4c2c1)c1cccc2c1B3c1oc3ccc(CC)cc3c1N2c1cccc2c3ccccc3c3ccccc3c12.